The monoisotopic (exact) mass is 313 g/mol. The molecule has 1 fully saturated rings. The Labute approximate surface area is 117 Å². The number of halogens is 1. The molecular formula is C14H20BrNO2. The Morgan fingerprint density at radius 3 is 2.83 bits per heavy atom. The largest absolute Gasteiger partial charge is 0.394 e. The normalized spacial score (nSPS) is 25.5. The number of rotatable bonds is 3. The number of nitrogens with zero attached hydrogens (tertiary/aromatic N) is 1. The quantitative estimate of drug-likeness (QED) is 0.901. The van der Waals surface area contributed by atoms with Crippen molar-refractivity contribution in [2.45, 2.75) is 32.4 Å². The average Bonchev–Trinajstić information content (AvgIpc) is 2.69. The van der Waals surface area contributed by atoms with Crippen LogP contribution in [0.25, 0.3) is 0 Å². The summed E-state index contributed by atoms with van der Waals surface area (Å²) in [6.07, 6.45) is 0.583. The van der Waals surface area contributed by atoms with E-state index in [1.165, 1.54) is 0 Å². The predicted octanol–water partition coefficient (Wildman–Crippen LogP) is 2.71. The van der Waals surface area contributed by atoms with E-state index < -0.39 is 6.10 Å². The second-order valence-corrected chi connectivity index (χ2v) is 6.00. The Morgan fingerprint density at radius 2 is 2.22 bits per heavy atom. The fourth-order valence-electron chi connectivity index (χ4n) is 2.70. The molecule has 100 valence electrons. The van der Waals surface area contributed by atoms with Crippen molar-refractivity contribution in [3.05, 3.63) is 28.2 Å². The smallest absolute Gasteiger partial charge is 0.0782 e. The molecule has 1 aliphatic heterocycles. The summed E-state index contributed by atoms with van der Waals surface area (Å²) in [7, 11) is 0. The van der Waals surface area contributed by atoms with E-state index in [4.69, 9.17) is 0 Å². The molecule has 1 heterocycles. The zero-order valence-corrected chi connectivity index (χ0v) is 12.4. The third-order valence-electron chi connectivity index (χ3n) is 3.82. The molecule has 1 aliphatic rings. The van der Waals surface area contributed by atoms with Gasteiger partial charge in [0.05, 0.1) is 18.8 Å². The fourth-order valence-corrected chi connectivity index (χ4v) is 3.05. The minimum absolute atomic E-state index is 0.150. The molecule has 3 atom stereocenters. The van der Waals surface area contributed by atoms with E-state index in [-0.39, 0.29) is 12.6 Å². The van der Waals surface area contributed by atoms with Gasteiger partial charge in [-0.2, -0.15) is 0 Å². The Morgan fingerprint density at radius 1 is 1.50 bits per heavy atom. The molecule has 0 amide bonds. The maximum absolute atomic E-state index is 9.88. The number of aliphatic hydroxyl groups is 2. The van der Waals surface area contributed by atoms with Crippen molar-refractivity contribution >= 4 is 21.6 Å². The number of hydrogen-bond acceptors (Lipinski definition) is 3. The Hall–Kier alpha value is -0.580. The lowest BCUT2D eigenvalue weighted by Crippen LogP contribution is -2.35. The third-order valence-corrected chi connectivity index (χ3v) is 4.31. The van der Waals surface area contributed by atoms with Crippen LogP contribution in [-0.4, -0.2) is 29.4 Å². The van der Waals surface area contributed by atoms with Crippen LogP contribution in [0, 0.1) is 5.92 Å². The van der Waals surface area contributed by atoms with Gasteiger partial charge in [0.15, 0.2) is 0 Å². The third kappa shape index (κ3) is 2.56. The number of anilines is 1. The summed E-state index contributed by atoms with van der Waals surface area (Å²) in [6.45, 7) is 5.04. The van der Waals surface area contributed by atoms with Crippen LogP contribution < -0.4 is 4.90 Å². The predicted molar refractivity (Wildman–Crippen MR) is 76.8 cm³/mol. The molecule has 1 aromatic carbocycles. The number of aliphatic hydroxyl groups excluding tert-OH is 2. The van der Waals surface area contributed by atoms with Crippen molar-refractivity contribution in [3.8, 4) is 0 Å². The standard InChI is InChI=1S/C14H20BrNO2/c1-9-5-6-16(14(9)8-17)13-7-11(15)3-4-12(13)10(2)18/h3-4,7,9-10,14,17-18H,5-6,8H2,1-2H3. The van der Waals surface area contributed by atoms with Crippen LogP contribution in [0.2, 0.25) is 0 Å². The molecule has 1 saturated heterocycles. The lowest BCUT2D eigenvalue weighted by atomic mass is 10.0. The highest BCUT2D eigenvalue weighted by atomic mass is 79.9. The van der Waals surface area contributed by atoms with Crippen molar-refractivity contribution in [1.82, 2.24) is 0 Å². The van der Waals surface area contributed by atoms with Crippen molar-refractivity contribution < 1.29 is 10.2 Å². The van der Waals surface area contributed by atoms with E-state index in [9.17, 15) is 10.2 Å². The summed E-state index contributed by atoms with van der Waals surface area (Å²) < 4.78 is 0.998. The van der Waals surface area contributed by atoms with Gasteiger partial charge in [-0.3, -0.25) is 0 Å². The molecule has 2 rings (SSSR count). The fraction of sp³-hybridized carbons (Fsp3) is 0.571. The molecular weight excluding hydrogens is 294 g/mol. The molecule has 1 aromatic rings. The van der Waals surface area contributed by atoms with Crippen LogP contribution in [0.15, 0.2) is 22.7 Å². The van der Waals surface area contributed by atoms with Crippen molar-refractivity contribution in [3.63, 3.8) is 0 Å². The molecule has 2 N–H and O–H groups in total. The summed E-state index contributed by atoms with van der Waals surface area (Å²) in [4.78, 5) is 2.22. The Kier molecular flexibility index (Phi) is 4.30. The molecule has 0 aliphatic carbocycles. The minimum atomic E-state index is -0.497. The molecule has 4 heteroatoms. The minimum Gasteiger partial charge on any atom is -0.394 e. The van der Waals surface area contributed by atoms with Crippen molar-refractivity contribution in [1.29, 1.82) is 0 Å². The van der Waals surface area contributed by atoms with Gasteiger partial charge in [-0.25, -0.2) is 0 Å². The molecule has 0 aromatic heterocycles. The summed E-state index contributed by atoms with van der Waals surface area (Å²) in [5, 5.41) is 19.4. The zero-order chi connectivity index (χ0) is 13.3. The first kappa shape index (κ1) is 13.8. The molecule has 18 heavy (non-hydrogen) atoms. The maximum atomic E-state index is 9.88. The number of benzene rings is 1. The molecule has 3 unspecified atom stereocenters. The van der Waals surface area contributed by atoms with Gasteiger partial charge >= 0.3 is 0 Å². The van der Waals surface area contributed by atoms with E-state index in [0.29, 0.717) is 5.92 Å². The van der Waals surface area contributed by atoms with Crippen molar-refractivity contribution in [2.75, 3.05) is 18.1 Å². The second-order valence-electron chi connectivity index (χ2n) is 5.09. The lowest BCUT2D eigenvalue weighted by Gasteiger charge is -2.30. The molecule has 0 saturated carbocycles. The van der Waals surface area contributed by atoms with Gasteiger partial charge in [0.25, 0.3) is 0 Å². The van der Waals surface area contributed by atoms with Crippen LogP contribution in [0.4, 0.5) is 5.69 Å². The van der Waals surface area contributed by atoms with Gasteiger partial charge in [0.2, 0.25) is 0 Å². The van der Waals surface area contributed by atoms with Gasteiger partial charge < -0.3 is 15.1 Å². The maximum Gasteiger partial charge on any atom is 0.0782 e. The highest BCUT2D eigenvalue weighted by molar-refractivity contribution is 9.10. The van der Waals surface area contributed by atoms with Gasteiger partial charge in [0, 0.05) is 22.3 Å². The van der Waals surface area contributed by atoms with Gasteiger partial charge in [0.1, 0.15) is 0 Å². The van der Waals surface area contributed by atoms with Gasteiger partial charge in [-0.15, -0.1) is 0 Å². The average molecular weight is 314 g/mol. The second kappa shape index (κ2) is 5.59. The zero-order valence-electron chi connectivity index (χ0n) is 10.8. The van der Waals surface area contributed by atoms with E-state index in [2.05, 4.69) is 27.8 Å². The van der Waals surface area contributed by atoms with Crippen LogP contribution in [0.3, 0.4) is 0 Å². The molecule has 3 nitrogen and oxygen atoms in total. The first-order valence-corrected chi connectivity index (χ1v) is 7.19. The van der Waals surface area contributed by atoms with Crippen LogP contribution in [-0.2, 0) is 0 Å². The van der Waals surface area contributed by atoms with E-state index >= 15 is 0 Å². The number of hydrogen-bond donors (Lipinski definition) is 2. The van der Waals surface area contributed by atoms with Gasteiger partial charge in [-0.1, -0.05) is 28.9 Å². The summed E-state index contributed by atoms with van der Waals surface area (Å²) in [6, 6.07) is 6.07. The SMILES string of the molecule is CC(O)c1ccc(Br)cc1N1CCC(C)C1CO. The summed E-state index contributed by atoms with van der Waals surface area (Å²) >= 11 is 3.48. The Balaban J connectivity index is 2.40. The van der Waals surface area contributed by atoms with Gasteiger partial charge in [-0.05, 0) is 31.4 Å². The van der Waals surface area contributed by atoms with Crippen LogP contribution in [0.1, 0.15) is 31.9 Å². The van der Waals surface area contributed by atoms with E-state index in [1.807, 2.05) is 18.2 Å². The lowest BCUT2D eigenvalue weighted by molar-refractivity contribution is 0.199. The molecule has 0 bridgehead atoms. The summed E-state index contributed by atoms with van der Waals surface area (Å²) in [5.74, 6) is 0.482. The molecule has 0 spiro atoms. The first-order chi connectivity index (χ1) is 8.54. The van der Waals surface area contributed by atoms with Crippen molar-refractivity contribution in [2.24, 2.45) is 5.92 Å². The summed E-state index contributed by atoms with van der Waals surface area (Å²) in [5.41, 5.74) is 1.95. The Bertz CT molecular complexity index is 422. The highest BCUT2D eigenvalue weighted by Gasteiger charge is 2.32. The van der Waals surface area contributed by atoms with Crippen LogP contribution in [0.5, 0.6) is 0 Å². The van der Waals surface area contributed by atoms with E-state index in [1.54, 1.807) is 6.92 Å². The topological polar surface area (TPSA) is 43.7 Å². The van der Waals surface area contributed by atoms with Crippen LogP contribution >= 0.6 is 15.9 Å². The molecule has 0 radical (unpaired) electrons. The first-order valence-electron chi connectivity index (χ1n) is 6.39. The van der Waals surface area contributed by atoms with E-state index in [0.717, 1.165) is 28.7 Å². The highest BCUT2D eigenvalue weighted by Crippen LogP contribution is 2.36.